The molecular formula is C12H20N3O+. The van der Waals surface area contributed by atoms with Crippen LogP contribution >= 0.6 is 0 Å². The maximum Gasteiger partial charge on any atom is 0.244 e. The molecule has 2 heterocycles. The largest absolute Gasteiger partial charge is 0.307 e. The van der Waals surface area contributed by atoms with Gasteiger partial charge in [0, 0.05) is 13.8 Å². The van der Waals surface area contributed by atoms with E-state index in [4.69, 9.17) is 0 Å². The lowest BCUT2D eigenvalue weighted by Gasteiger charge is -2.06. The van der Waals surface area contributed by atoms with Crippen LogP contribution in [0.25, 0.3) is 0 Å². The molecule has 0 amide bonds. The van der Waals surface area contributed by atoms with Gasteiger partial charge < -0.3 is 5.32 Å². The lowest BCUT2D eigenvalue weighted by Crippen LogP contribution is -2.34. The zero-order valence-electron chi connectivity index (χ0n) is 10.3. The number of hydrogen-bond acceptors (Lipinski definition) is 2. The number of Topliss-reactive ketones (excluding diaryl/α,β-unsaturated/α-hetero) is 1. The number of imidazole rings is 1. The van der Waals surface area contributed by atoms with Crippen molar-refractivity contribution in [2.24, 2.45) is 7.05 Å². The SMILES string of the molecule is Cc1c(C)[n+](C)cn1CC(=O)C1CCCN1. The van der Waals surface area contributed by atoms with Crippen LogP contribution in [0.5, 0.6) is 0 Å². The van der Waals surface area contributed by atoms with Crippen molar-refractivity contribution in [1.82, 2.24) is 9.88 Å². The van der Waals surface area contributed by atoms with E-state index in [1.54, 1.807) is 0 Å². The molecule has 4 heteroatoms. The minimum absolute atomic E-state index is 0.0763. The maximum absolute atomic E-state index is 12.0. The van der Waals surface area contributed by atoms with Gasteiger partial charge in [-0.3, -0.25) is 4.79 Å². The summed E-state index contributed by atoms with van der Waals surface area (Å²) in [7, 11) is 2.01. The zero-order valence-corrected chi connectivity index (χ0v) is 10.3. The number of aromatic nitrogens is 2. The zero-order chi connectivity index (χ0) is 11.7. The quantitative estimate of drug-likeness (QED) is 0.745. The lowest BCUT2D eigenvalue weighted by atomic mass is 10.1. The number of carbonyl (C=O) groups excluding carboxylic acids is 1. The fraction of sp³-hybridized carbons (Fsp3) is 0.667. The van der Waals surface area contributed by atoms with Gasteiger partial charge in [-0.15, -0.1) is 0 Å². The Morgan fingerprint density at radius 1 is 1.62 bits per heavy atom. The summed E-state index contributed by atoms with van der Waals surface area (Å²) in [5, 5.41) is 3.25. The molecule has 1 N–H and O–H groups in total. The molecule has 1 aliphatic heterocycles. The number of carbonyl (C=O) groups is 1. The molecule has 4 nitrogen and oxygen atoms in total. The molecule has 1 fully saturated rings. The van der Waals surface area contributed by atoms with Crippen LogP contribution in [0.15, 0.2) is 6.33 Å². The molecule has 0 aliphatic carbocycles. The van der Waals surface area contributed by atoms with Crippen LogP contribution in [0.3, 0.4) is 0 Å². The average Bonchev–Trinajstić information content (AvgIpc) is 2.85. The van der Waals surface area contributed by atoms with Gasteiger partial charge in [0.2, 0.25) is 6.33 Å². The first-order chi connectivity index (χ1) is 7.59. The van der Waals surface area contributed by atoms with Crippen molar-refractivity contribution < 1.29 is 9.36 Å². The predicted molar refractivity (Wildman–Crippen MR) is 61.1 cm³/mol. The first-order valence-electron chi connectivity index (χ1n) is 5.87. The topological polar surface area (TPSA) is 37.9 Å². The van der Waals surface area contributed by atoms with Gasteiger partial charge in [0.05, 0.1) is 13.1 Å². The summed E-state index contributed by atoms with van der Waals surface area (Å²) in [6, 6.07) is 0.0763. The molecule has 1 aromatic heterocycles. The van der Waals surface area contributed by atoms with Crippen molar-refractivity contribution in [1.29, 1.82) is 0 Å². The van der Waals surface area contributed by atoms with Crippen molar-refractivity contribution in [2.75, 3.05) is 6.54 Å². The van der Waals surface area contributed by atoms with E-state index in [2.05, 4.69) is 23.7 Å². The molecule has 2 rings (SSSR count). The highest BCUT2D eigenvalue weighted by Crippen LogP contribution is 2.09. The van der Waals surface area contributed by atoms with Gasteiger partial charge in [0.1, 0.15) is 11.4 Å². The van der Waals surface area contributed by atoms with E-state index in [-0.39, 0.29) is 6.04 Å². The summed E-state index contributed by atoms with van der Waals surface area (Å²) >= 11 is 0. The Bertz CT molecular complexity index is 403. The molecule has 0 saturated carbocycles. The first kappa shape index (κ1) is 11.3. The molecule has 1 aromatic rings. The van der Waals surface area contributed by atoms with Crippen molar-refractivity contribution in [3.63, 3.8) is 0 Å². The van der Waals surface area contributed by atoms with Crippen molar-refractivity contribution in [3.8, 4) is 0 Å². The highest BCUT2D eigenvalue weighted by atomic mass is 16.1. The summed E-state index contributed by atoms with van der Waals surface area (Å²) in [6.45, 7) is 5.61. The van der Waals surface area contributed by atoms with E-state index in [0.29, 0.717) is 12.3 Å². The molecule has 0 aromatic carbocycles. The van der Waals surface area contributed by atoms with Crippen LogP contribution < -0.4 is 9.88 Å². The third-order valence-electron chi connectivity index (χ3n) is 3.57. The summed E-state index contributed by atoms with van der Waals surface area (Å²) in [6.07, 6.45) is 4.11. The Labute approximate surface area is 96.3 Å². The van der Waals surface area contributed by atoms with E-state index in [1.807, 2.05) is 17.9 Å². The van der Waals surface area contributed by atoms with Crippen LogP contribution in [0.1, 0.15) is 24.2 Å². The Kier molecular flexibility index (Phi) is 3.10. The summed E-state index contributed by atoms with van der Waals surface area (Å²) in [4.78, 5) is 12.0. The van der Waals surface area contributed by atoms with Crippen molar-refractivity contribution >= 4 is 5.78 Å². The van der Waals surface area contributed by atoms with Gasteiger partial charge in [-0.2, -0.15) is 0 Å². The molecule has 88 valence electrons. The van der Waals surface area contributed by atoms with Crippen LogP contribution in [0.4, 0.5) is 0 Å². The van der Waals surface area contributed by atoms with Gasteiger partial charge in [-0.05, 0) is 19.4 Å². The molecule has 1 unspecified atom stereocenters. The minimum atomic E-state index is 0.0763. The van der Waals surface area contributed by atoms with Crippen LogP contribution in [0, 0.1) is 13.8 Å². The highest BCUT2D eigenvalue weighted by Gasteiger charge is 2.25. The lowest BCUT2D eigenvalue weighted by molar-refractivity contribution is -0.677. The molecule has 1 atom stereocenters. The predicted octanol–water partition coefficient (Wildman–Crippen LogP) is 0.251. The number of rotatable bonds is 3. The first-order valence-corrected chi connectivity index (χ1v) is 5.87. The third kappa shape index (κ3) is 2.02. The molecular weight excluding hydrogens is 202 g/mol. The second-order valence-electron chi connectivity index (χ2n) is 4.64. The van der Waals surface area contributed by atoms with Crippen LogP contribution in [0.2, 0.25) is 0 Å². The number of nitrogens with one attached hydrogen (secondary N) is 1. The molecule has 1 aliphatic rings. The second-order valence-corrected chi connectivity index (χ2v) is 4.64. The highest BCUT2D eigenvalue weighted by molar-refractivity contribution is 5.84. The maximum atomic E-state index is 12.0. The normalized spacial score (nSPS) is 20.3. The fourth-order valence-electron chi connectivity index (χ4n) is 2.24. The van der Waals surface area contributed by atoms with Gasteiger partial charge in [0.25, 0.3) is 0 Å². The number of ketones is 1. The molecule has 0 bridgehead atoms. The van der Waals surface area contributed by atoms with Gasteiger partial charge >= 0.3 is 0 Å². The van der Waals surface area contributed by atoms with Gasteiger partial charge in [0.15, 0.2) is 12.3 Å². The fourth-order valence-corrected chi connectivity index (χ4v) is 2.24. The second kappa shape index (κ2) is 4.37. The number of hydrogen-bond donors (Lipinski definition) is 1. The van der Waals surface area contributed by atoms with Gasteiger partial charge in [-0.25, -0.2) is 9.13 Å². The van der Waals surface area contributed by atoms with E-state index < -0.39 is 0 Å². The van der Waals surface area contributed by atoms with E-state index in [1.165, 1.54) is 11.4 Å². The molecule has 0 spiro atoms. The van der Waals surface area contributed by atoms with Crippen molar-refractivity contribution in [2.45, 2.75) is 39.3 Å². The standard InChI is InChI=1S/C12H20N3O/c1-9-10(2)15(8-14(9)3)7-12(16)11-5-4-6-13-11/h8,11,13H,4-7H2,1-3H3/q+1. The molecule has 0 radical (unpaired) electrons. The Morgan fingerprint density at radius 3 is 2.88 bits per heavy atom. The third-order valence-corrected chi connectivity index (χ3v) is 3.57. The Morgan fingerprint density at radius 2 is 2.38 bits per heavy atom. The van der Waals surface area contributed by atoms with Crippen LogP contribution in [-0.4, -0.2) is 22.9 Å². The van der Waals surface area contributed by atoms with E-state index in [9.17, 15) is 4.79 Å². The Hall–Kier alpha value is -1.16. The van der Waals surface area contributed by atoms with E-state index >= 15 is 0 Å². The molecule has 16 heavy (non-hydrogen) atoms. The van der Waals surface area contributed by atoms with Crippen LogP contribution in [-0.2, 0) is 18.4 Å². The Balaban J connectivity index is 2.08. The summed E-state index contributed by atoms with van der Waals surface area (Å²) in [5.74, 6) is 0.302. The van der Waals surface area contributed by atoms with Crippen molar-refractivity contribution in [3.05, 3.63) is 17.7 Å². The van der Waals surface area contributed by atoms with E-state index in [0.717, 1.165) is 19.4 Å². The smallest absolute Gasteiger partial charge is 0.244 e. The number of aryl methyl sites for hydroxylation is 1. The number of nitrogens with zero attached hydrogens (tertiary/aromatic N) is 2. The monoisotopic (exact) mass is 222 g/mol. The summed E-state index contributed by atoms with van der Waals surface area (Å²) < 4.78 is 4.10. The molecule has 1 saturated heterocycles. The minimum Gasteiger partial charge on any atom is -0.307 e. The summed E-state index contributed by atoms with van der Waals surface area (Å²) in [5.41, 5.74) is 2.39. The van der Waals surface area contributed by atoms with Gasteiger partial charge in [-0.1, -0.05) is 0 Å². The average molecular weight is 222 g/mol.